The lowest BCUT2D eigenvalue weighted by atomic mass is 10.1. The van der Waals surface area contributed by atoms with Crippen LogP contribution < -0.4 is 4.90 Å². The van der Waals surface area contributed by atoms with Gasteiger partial charge in [0.25, 0.3) is 0 Å². The Hall–Kier alpha value is -2.94. The fourth-order valence-electron chi connectivity index (χ4n) is 3.27. The highest BCUT2D eigenvalue weighted by Gasteiger charge is 2.31. The monoisotopic (exact) mass is 333 g/mol. The molecule has 2 aromatic heterocycles. The van der Waals surface area contributed by atoms with Gasteiger partial charge in [-0.3, -0.25) is 0 Å². The highest BCUT2D eigenvalue weighted by atomic mass is 16.5. The second kappa shape index (κ2) is 6.17. The highest BCUT2D eigenvalue weighted by molar-refractivity contribution is 5.81. The van der Waals surface area contributed by atoms with E-state index in [0.717, 1.165) is 41.9 Å². The lowest BCUT2D eigenvalue weighted by Crippen LogP contribution is -2.24. The number of benzene rings is 1. The number of pyridine rings is 1. The molecule has 0 spiro atoms. The van der Waals surface area contributed by atoms with Crippen molar-refractivity contribution in [3.05, 3.63) is 47.6 Å². The molecule has 6 heteroatoms. The molecular formula is C19H19N5O. The minimum Gasteiger partial charge on any atom is -0.346 e. The maximum Gasteiger partial charge on any atom is 0.229 e. The Balaban J connectivity index is 1.67. The summed E-state index contributed by atoms with van der Waals surface area (Å²) >= 11 is 0. The third kappa shape index (κ3) is 2.82. The predicted octanol–water partition coefficient (Wildman–Crippen LogP) is 3.95. The quantitative estimate of drug-likeness (QED) is 0.722. The van der Waals surface area contributed by atoms with Crippen molar-refractivity contribution < 1.29 is 4.52 Å². The van der Waals surface area contributed by atoms with E-state index in [4.69, 9.17) is 14.8 Å². The average molecular weight is 333 g/mol. The molecule has 1 saturated heterocycles. The van der Waals surface area contributed by atoms with Crippen LogP contribution in [0.2, 0.25) is 0 Å². The van der Waals surface area contributed by atoms with Crippen molar-refractivity contribution in [1.29, 1.82) is 5.26 Å². The normalized spacial score (nSPS) is 17.4. The number of hydrogen-bond donors (Lipinski definition) is 0. The summed E-state index contributed by atoms with van der Waals surface area (Å²) < 4.78 is 5.38. The first-order valence-electron chi connectivity index (χ1n) is 8.57. The van der Waals surface area contributed by atoms with Crippen molar-refractivity contribution in [2.24, 2.45) is 0 Å². The summed E-state index contributed by atoms with van der Waals surface area (Å²) in [5.74, 6) is 2.56. The molecule has 3 aromatic rings. The minimum absolute atomic E-state index is 0.0968. The summed E-state index contributed by atoms with van der Waals surface area (Å²) in [6.07, 6.45) is 2.06. The summed E-state index contributed by atoms with van der Waals surface area (Å²) in [6.45, 7) is 5.01. The third-order valence-electron chi connectivity index (χ3n) is 4.60. The van der Waals surface area contributed by atoms with Crippen LogP contribution in [-0.4, -0.2) is 21.7 Å². The Kier molecular flexibility index (Phi) is 3.85. The number of anilines is 1. The molecule has 1 aromatic carbocycles. The molecule has 1 aliphatic rings. The van der Waals surface area contributed by atoms with E-state index in [0.29, 0.717) is 11.5 Å². The minimum atomic E-state index is 0.0968. The Bertz CT molecular complexity index is 956. The van der Waals surface area contributed by atoms with E-state index in [1.165, 1.54) is 0 Å². The fraction of sp³-hybridized carbons (Fsp3) is 0.368. The van der Waals surface area contributed by atoms with Gasteiger partial charge in [0.15, 0.2) is 5.82 Å². The molecule has 0 saturated carbocycles. The Morgan fingerprint density at radius 3 is 2.88 bits per heavy atom. The summed E-state index contributed by atoms with van der Waals surface area (Å²) in [4.78, 5) is 11.6. The molecule has 1 fully saturated rings. The topological polar surface area (TPSA) is 78.8 Å². The van der Waals surface area contributed by atoms with Crippen LogP contribution in [0.25, 0.3) is 10.9 Å². The second-order valence-electron chi connectivity index (χ2n) is 6.69. The van der Waals surface area contributed by atoms with Crippen LogP contribution in [0.3, 0.4) is 0 Å². The molecule has 6 nitrogen and oxygen atoms in total. The van der Waals surface area contributed by atoms with E-state index in [9.17, 15) is 0 Å². The van der Waals surface area contributed by atoms with Crippen LogP contribution in [0.5, 0.6) is 0 Å². The van der Waals surface area contributed by atoms with E-state index in [-0.39, 0.29) is 12.0 Å². The maximum absolute atomic E-state index is 9.02. The standard InChI is InChI=1S/C19H19N5O/c1-12(2)19-22-18(23-25-19)16-4-3-9-24(16)17-8-6-14-10-13(11-20)5-7-15(14)21-17/h5-8,10,12,16H,3-4,9H2,1-2H3. The number of nitrogens with zero attached hydrogens (tertiary/aromatic N) is 5. The largest absolute Gasteiger partial charge is 0.346 e. The van der Waals surface area contributed by atoms with Gasteiger partial charge in [-0.15, -0.1) is 0 Å². The Labute approximate surface area is 146 Å². The van der Waals surface area contributed by atoms with Crippen molar-refractivity contribution in [1.82, 2.24) is 15.1 Å². The van der Waals surface area contributed by atoms with Crippen LogP contribution in [-0.2, 0) is 0 Å². The molecular weight excluding hydrogens is 314 g/mol. The molecule has 0 radical (unpaired) electrons. The van der Waals surface area contributed by atoms with Gasteiger partial charge in [-0.1, -0.05) is 19.0 Å². The van der Waals surface area contributed by atoms with Gasteiger partial charge in [-0.2, -0.15) is 10.2 Å². The molecule has 3 heterocycles. The summed E-state index contributed by atoms with van der Waals surface area (Å²) in [6, 6.07) is 11.8. The van der Waals surface area contributed by atoms with Crippen LogP contribution in [0.1, 0.15) is 55.9 Å². The molecule has 25 heavy (non-hydrogen) atoms. The molecule has 0 aliphatic carbocycles. The predicted molar refractivity (Wildman–Crippen MR) is 94.2 cm³/mol. The average Bonchev–Trinajstić information content (AvgIpc) is 3.29. The van der Waals surface area contributed by atoms with Crippen molar-refractivity contribution in [3.63, 3.8) is 0 Å². The molecule has 0 N–H and O–H groups in total. The van der Waals surface area contributed by atoms with E-state index >= 15 is 0 Å². The summed E-state index contributed by atoms with van der Waals surface area (Å²) in [7, 11) is 0. The second-order valence-corrected chi connectivity index (χ2v) is 6.69. The van der Waals surface area contributed by atoms with Crippen LogP contribution in [0.4, 0.5) is 5.82 Å². The van der Waals surface area contributed by atoms with Crippen molar-refractivity contribution in [2.45, 2.75) is 38.6 Å². The number of hydrogen-bond acceptors (Lipinski definition) is 6. The Morgan fingerprint density at radius 1 is 1.24 bits per heavy atom. The van der Waals surface area contributed by atoms with Gasteiger partial charge >= 0.3 is 0 Å². The van der Waals surface area contributed by atoms with E-state index in [1.807, 2.05) is 38.1 Å². The Morgan fingerprint density at radius 2 is 2.12 bits per heavy atom. The van der Waals surface area contributed by atoms with Gasteiger partial charge in [0.1, 0.15) is 5.82 Å². The van der Waals surface area contributed by atoms with Gasteiger partial charge in [0, 0.05) is 17.8 Å². The van der Waals surface area contributed by atoms with Crippen molar-refractivity contribution >= 4 is 16.7 Å². The van der Waals surface area contributed by atoms with E-state index in [1.54, 1.807) is 6.07 Å². The van der Waals surface area contributed by atoms with E-state index in [2.05, 4.69) is 21.1 Å². The van der Waals surface area contributed by atoms with Gasteiger partial charge in [0.2, 0.25) is 5.89 Å². The van der Waals surface area contributed by atoms with Crippen LogP contribution >= 0.6 is 0 Å². The maximum atomic E-state index is 9.02. The molecule has 0 amide bonds. The number of aromatic nitrogens is 3. The lowest BCUT2D eigenvalue weighted by Gasteiger charge is -2.23. The van der Waals surface area contributed by atoms with E-state index < -0.39 is 0 Å². The zero-order valence-corrected chi connectivity index (χ0v) is 14.3. The molecule has 1 aliphatic heterocycles. The number of nitriles is 1. The molecule has 1 atom stereocenters. The van der Waals surface area contributed by atoms with Crippen molar-refractivity contribution in [3.8, 4) is 6.07 Å². The molecule has 126 valence electrons. The first-order chi connectivity index (χ1) is 12.2. The smallest absolute Gasteiger partial charge is 0.229 e. The molecule has 1 unspecified atom stereocenters. The first kappa shape index (κ1) is 15.6. The van der Waals surface area contributed by atoms with Gasteiger partial charge < -0.3 is 9.42 Å². The van der Waals surface area contributed by atoms with Gasteiger partial charge in [-0.05, 0) is 43.2 Å². The third-order valence-corrected chi connectivity index (χ3v) is 4.60. The molecule has 0 bridgehead atoms. The summed E-state index contributed by atoms with van der Waals surface area (Å²) in [5.41, 5.74) is 1.53. The molecule has 4 rings (SSSR count). The zero-order valence-electron chi connectivity index (χ0n) is 14.3. The SMILES string of the molecule is CC(C)c1nc(C2CCCN2c2ccc3cc(C#N)ccc3n2)no1. The number of fused-ring (bicyclic) bond motifs is 1. The summed E-state index contributed by atoms with van der Waals surface area (Å²) in [5, 5.41) is 14.2. The number of rotatable bonds is 3. The van der Waals surface area contributed by atoms with Crippen LogP contribution in [0.15, 0.2) is 34.9 Å². The highest BCUT2D eigenvalue weighted by Crippen LogP contribution is 2.35. The van der Waals surface area contributed by atoms with Crippen molar-refractivity contribution in [2.75, 3.05) is 11.4 Å². The first-order valence-corrected chi connectivity index (χ1v) is 8.57. The van der Waals surface area contributed by atoms with Gasteiger partial charge in [0.05, 0.1) is 23.2 Å². The zero-order chi connectivity index (χ0) is 17.4. The lowest BCUT2D eigenvalue weighted by molar-refractivity contribution is 0.358. The van der Waals surface area contributed by atoms with Crippen LogP contribution in [0, 0.1) is 11.3 Å². The van der Waals surface area contributed by atoms with Gasteiger partial charge in [-0.25, -0.2) is 4.98 Å². The fourth-order valence-corrected chi connectivity index (χ4v) is 3.27.